The summed E-state index contributed by atoms with van der Waals surface area (Å²) in [6, 6.07) is 15.3. The molecule has 1 fully saturated rings. The van der Waals surface area contributed by atoms with Crippen molar-refractivity contribution in [3.05, 3.63) is 59.7 Å². The van der Waals surface area contributed by atoms with Crippen LogP contribution < -0.4 is 4.90 Å². The first-order valence-corrected chi connectivity index (χ1v) is 12.9. The lowest BCUT2D eigenvalue weighted by molar-refractivity contribution is -0.131. The van der Waals surface area contributed by atoms with Gasteiger partial charge in [0.1, 0.15) is 0 Å². The fourth-order valence-electron chi connectivity index (χ4n) is 3.99. The molecule has 0 radical (unpaired) electrons. The van der Waals surface area contributed by atoms with Crippen LogP contribution >= 0.6 is 0 Å². The van der Waals surface area contributed by atoms with E-state index in [0.29, 0.717) is 43.9 Å². The third-order valence-electron chi connectivity index (χ3n) is 6.06. The van der Waals surface area contributed by atoms with Crippen molar-refractivity contribution in [1.29, 1.82) is 0 Å². The van der Waals surface area contributed by atoms with E-state index >= 15 is 0 Å². The molecular formula is C25H35N3O3S. The Hall–Kier alpha value is -2.38. The molecular weight excluding hydrogens is 422 g/mol. The van der Waals surface area contributed by atoms with E-state index in [1.165, 1.54) is 0 Å². The van der Waals surface area contributed by atoms with Gasteiger partial charge in [-0.1, -0.05) is 30.7 Å². The summed E-state index contributed by atoms with van der Waals surface area (Å²) in [5, 5.41) is 0. The maximum absolute atomic E-state index is 12.8. The topological polar surface area (TPSA) is 60.9 Å². The van der Waals surface area contributed by atoms with Gasteiger partial charge in [-0.15, -0.1) is 0 Å². The average molecular weight is 458 g/mol. The molecule has 0 bridgehead atoms. The molecule has 0 spiro atoms. The zero-order valence-corrected chi connectivity index (χ0v) is 20.3. The normalized spacial score (nSPS) is 14.8. The van der Waals surface area contributed by atoms with Gasteiger partial charge in [0, 0.05) is 52.4 Å². The first kappa shape index (κ1) is 24.3. The van der Waals surface area contributed by atoms with E-state index in [1.54, 1.807) is 16.4 Å². The molecule has 0 atom stereocenters. The highest BCUT2D eigenvalue weighted by molar-refractivity contribution is 7.89. The summed E-state index contributed by atoms with van der Waals surface area (Å²) in [7, 11) is 0.597. The summed E-state index contributed by atoms with van der Waals surface area (Å²) in [5.41, 5.74) is 3.22. The Labute approximate surface area is 192 Å². The lowest BCUT2D eigenvalue weighted by atomic mass is 10.1. The quantitative estimate of drug-likeness (QED) is 0.573. The number of sulfonamides is 1. The van der Waals surface area contributed by atoms with Gasteiger partial charge >= 0.3 is 0 Å². The number of nitrogens with zero attached hydrogens (tertiary/aromatic N) is 3. The summed E-state index contributed by atoms with van der Waals surface area (Å²) in [5.74, 6) is 0.106. The Morgan fingerprint density at radius 2 is 1.50 bits per heavy atom. The monoisotopic (exact) mass is 457 g/mol. The number of amides is 1. The molecule has 0 N–H and O–H groups in total. The summed E-state index contributed by atoms with van der Waals surface area (Å²) in [6.45, 7) is 4.44. The SMILES string of the molecule is CCN(Cc1ccc(N(C)C)cc1)C(=O)CCc1ccc(S(=O)(=O)N2CCCCC2)cc1. The van der Waals surface area contributed by atoms with Crippen LogP contribution in [0, 0.1) is 0 Å². The second kappa shape index (κ2) is 11.0. The Bertz CT molecular complexity index is 980. The van der Waals surface area contributed by atoms with Gasteiger partial charge in [0.25, 0.3) is 0 Å². The Balaban J connectivity index is 1.56. The molecule has 0 aromatic heterocycles. The molecule has 1 aliphatic rings. The van der Waals surface area contributed by atoms with Crippen molar-refractivity contribution in [2.24, 2.45) is 0 Å². The van der Waals surface area contributed by atoms with Crippen LogP contribution in [0.4, 0.5) is 5.69 Å². The minimum Gasteiger partial charge on any atom is -0.378 e. The molecule has 174 valence electrons. The summed E-state index contributed by atoms with van der Waals surface area (Å²) in [4.78, 5) is 17.0. The van der Waals surface area contributed by atoms with Crippen molar-refractivity contribution in [1.82, 2.24) is 9.21 Å². The van der Waals surface area contributed by atoms with Gasteiger partial charge in [-0.2, -0.15) is 4.31 Å². The second-order valence-electron chi connectivity index (χ2n) is 8.58. The molecule has 2 aromatic carbocycles. The highest BCUT2D eigenvalue weighted by atomic mass is 32.2. The minimum atomic E-state index is -3.42. The van der Waals surface area contributed by atoms with Gasteiger partial charge in [-0.3, -0.25) is 4.79 Å². The van der Waals surface area contributed by atoms with Crippen LogP contribution in [0.15, 0.2) is 53.4 Å². The molecule has 1 saturated heterocycles. The van der Waals surface area contributed by atoms with Crippen LogP contribution in [0.2, 0.25) is 0 Å². The van der Waals surface area contributed by atoms with E-state index in [9.17, 15) is 13.2 Å². The van der Waals surface area contributed by atoms with Gasteiger partial charge in [0.15, 0.2) is 0 Å². The van der Waals surface area contributed by atoms with E-state index in [1.807, 2.05) is 38.1 Å². The average Bonchev–Trinajstić information content (AvgIpc) is 2.82. The molecule has 7 heteroatoms. The summed E-state index contributed by atoms with van der Waals surface area (Å²) >= 11 is 0. The van der Waals surface area contributed by atoms with E-state index in [-0.39, 0.29) is 5.91 Å². The number of rotatable bonds is 9. The number of hydrogen-bond donors (Lipinski definition) is 0. The fraction of sp³-hybridized carbons (Fsp3) is 0.480. The standard InChI is InChI=1S/C25H35N3O3S/c1-4-27(20-22-8-13-23(14-9-22)26(2)3)25(29)17-12-21-10-15-24(16-11-21)32(30,31)28-18-6-5-7-19-28/h8-11,13-16H,4-7,12,17-20H2,1-3H3. The summed E-state index contributed by atoms with van der Waals surface area (Å²) in [6.07, 6.45) is 3.94. The highest BCUT2D eigenvalue weighted by Crippen LogP contribution is 2.21. The first-order valence-electron chi connectivity index (χ1n) is 11.4. The van der Waals surface area contributed by atoms with Crippen LogP contribution in [0.1, 0.15) is 43.7 Å². The fourth-order valence-corrected chi connectivity index (χ4v) is 5.51. The van der Waals surface area contributed by atoms with E-state index in [4.69, 9.17) is 0 Å². The number of anilines is 1. The zero-order valence-electron chi connectivity index (χ0n) is 19.5. The highest BCUT2D eigenvalue weighted by Gasteiger charge is 2.25. The molecule has 6 nitrogen and oxygen atoms in total. The van der Waals surface area contributed by atoms with Crippen molar-refractivity contribution in [2.45, 2.75) is 50.5 Å². The van der Waals surface area contributed by atoms with Crippen LogP contribution in [-0.2, 0) is 27.8 Å². The third-order valence-corrected chi connectivity index (χ3v) is 7.98. The van der Waals surface area contributed by atoms with Gasteiger partial charge < -0.3 is 9.80 Å². The maximum atomic E-state index is 12.8. The van der Waals surface area contributed by atoms with Crippen molar-refractivity contribution in [2.75, 3.05) is 38.6 Å². The van der Waals surface area contributed by atoms with Gasteiger partial charge in [0.2, 0.25) is 15.9 Å². The van der Waals surface area contributed by atoms with E-state index in [2.05, 4.69) is 29.2 Å². The molecule has 1 heterocycles. The van der Waals surface area contributed by atoms with Crippen molar-refractivity contribution in [3.63, 3.8) is 0 Å². The first-order chi connectivity index (χ1) is 15.3. The number of benzene rings is 2. The molecule has 32 heavy (non-hydrogen) atoms. The molecule has 0 aliphatic carbocycles. The molecule has 0 saturated carbocycles. The predicted octanol–water partition coefficient (Wildman–Crippen LogP) is 3.91. The Morgan fingerprint density at radius 3 is 2.06 bits per heavy atom. The predicted molar refractivity (Wildman–Crippen MR) is 129 cm³/mol. The Kier molecular flexibility index (Phi) is 8.32. The number of aryl methyl sites for hydroxylation is 1. The molecule has 0 unspecified atom stereocenters. The van der Waals surface area contributed by atoms with Crippen molar-refractivity contribution in [3.8, 4) is 0 Å². The molecule has 3 rings (SSSR count). The Morgan fingerprint density at radius 1 is 0.906 bits per heavy atom. The summed E-state index contributed by atoms with van der Waals surface area (Å²) < 4.78 is 27.2. The number of carbonyl (C=O) groups is 1. The van der Waals surface area contributed by atoms with E-state index in [0.717, 1.165) is 36.1 Å². The lowest BCUT2D eigenvalue weighted by Crippen LogP contribution is -2.35. The number of hydrogen-bond acceptors (Lipinski definition) is 4. The van der Waals surface area contributed by atoms with E-state index < -0.39 is 10.0 Å². The molecule has 1 amide bonds. The smallest absolute Gasteiger partial charge is 0.243 e. The maximum Gasteiger partial charge on any atom is 0.243 e. The van der Waals surface area contributed by atoms with Crippen LogP contribution in [0.5, 0.6) is 0 Å². The van der Waals surface area contributed by atoms with Crippen LogP contribution in [0.25, 0.3) is 0 Å². The van der Waals surface area contributed by atoms with Gasteiger partial charge in [-0.05, 0) is 61.6 Å². The zero-order chi connectivity index (χ0) is 23.1. The third kappa shape index (κ3) is 6.11. The largest absolute Gasteiger partial charge is 0.378 e. The minimum absolute atomic E-state index is 0.106. The van der Waals surface area contributed by atoms with Gasteiger partial charge in [-0.25, -0.2) is 8.42 Å². The van der Waals surface area contributed by atoms with Gasteiger partial charge in [0.05, 0.1) is 4.90 Å². The lowest BCUT2D eigenvalue weighted by Gasteiger charge is -2.25. The number of piperidine rings is 1. The van der Waals surface area contributed by atoms with Crippen molar-refractivity contribution < 1.29 is 13.2 Å². The van der Waals surface area contributed by atoms with Crippen molar-refractivity contribution >= 4 is 21.6 Å². The number of carbonyl (C=O) groups excluding carboxylic acids is 1. The van der Waals surface area contributed by atoms with Crippen LogP contribution in [-0.4, -0.2) is 57.3 Å². The molecule has 2 aromatic rings. The van der Waals surface area contributed by atoms with Crippen LogP contribution in [0.3, 0.4) is 0 Å². The molecule has 1 aliphatic heterocycles. The second-order valence-corrected chi connectivity index (χ2v) is 10.5.